The molecular formula is C10H12N4O2S. The lowest BCUT2D eigenvalue weighted by Crippen LogP contribution is -2.37. The van der Waals surface area contributed by atoms with Gasteiger partial charge >= 0.3 is 0 Å². The van der Waals surface area contributed by atoms with E-state index in [9.17, 15) is 4.21 Å². The summed E-state index contributed by atoms with van der Waals surface area (Å²) < 4.78 is 16.1. The minimum absolute atomic E-state index is 0.561. The summed E-state index contributed by atoms with van der Waals surface area (Å²) in [4.78, 5) is 2.15. The Bertz CT molecular complexity index is 573. The molecule has 17 heavy (non-hydrogen) atoms. The standard InChI is InChI=1S/C10H12N4O2S/c11-7-1-2-8(10-9(7)12-16-13-10)14-3-5-17(15)6-4-14/h1-2H,3-6,11H2. The summed E-state index contributed by atoms with van der Waals surface area (Å²) in [6.45, 7) is 1.52. The third kappa shape index (κ3) is 1.76. The summed E-state index contributed by atoms with van der Waals surface area (Å²) in [5.41, 5.74) is 8.57. The maximum Gasteiger partial charge on any atom is 0.160 e. The van der Waals surface area contributed by atoms with Crippen LogP contribution in [-0.2, 0) is 10.8 Å². The Morgan fingerprint density at radius 1 is 1.24 bits per heavy atom. The number of rotatable bonds is 1. The van der Waals surface area contributed by atoms with E-state index < -0.39 is 10.8 Å². The van der Waals surface area contributed by atoms with Crippen LogP contribution in [0.1, 0.15) is 0 Å². The first-order chi connectivity index (χ1) is 8.25. The summed E-state index contributed by atoms with van der Waals surface area (Å²) in [6.07, 6.45) is 0. The maximum absolute atomic E-state index is 11.3. The average molecular weight is 252 g/mol. The minimum atomic E-state index is -0.689. The van der Waals surface area contributed by atoms with E-state index in [1.54, 1.807) is 6.07 Å². The first-order valence-electron chi connectivity index (χ1n) is 5.36. The van der Waals surface area contributed by atoms with Crippen molar-refractivity contribution >= 4 is 33.2 Å². The molecule has 3 rings (SSSR count). The van der Waals surface area contributed by atoms with Gasteiger partial charge in [0.15, 0.2) is 11.0 Å². The average Bonchev–Trinajstić information content (AvgIpc) is 2.81. The smallest absolute Gasteiger partial charge is 0.160 e. The Kier molecular flexibility index (Phi) is 2.47. The fourth-order valence-corrected chi connectivity index (χ4v) is 3.06. The van der Waals surface area contributed by atoms with E-state index in [4.69, 9.17) is 10.4 Å². The number of anilines is 2. The molecule has 90 valence electrons. The molecule has 0 radical (unpaired) electrons. The molecule has 0 aliphatic carbocycles. The molecule has 1 saturated heterocycles. The Hall–Kier alpha value is -1.63. The van der Waals surface area contributed by atoms with Gasteiger partial charge in [0.05, 0.1) is 11.4 Å². The number of fused-ring (bicyclic) bond motifs is 1. The monoisotopic (exact) mass is 252 g/mol. The Morgan fingerprint density at radius 3 is 2.71 bits per heavy atom. The third-order valence-electron chi connectivity index (χ3n) is 2.94. The largest absolute Gasteiger partial charge is 0.397 e. The molecular weight excluding hydrogens is 240 g/mol. The lowest BCUT2D eigenvalue weighted by Gasteiger charge is -2.28. The Balaban J connectivity index is 2.03. The van der Waals surface area contributed by atoms with Gasteiger partial charge in [-0.1, -0.05) is 0 Å². The van der Waals surface area contributed by atoms with E-state index >= 15 is 0 Å². The molecule has 0 unspecified atom stereocenters. The van der Waals surface area contributed by atoms with Crippen molar-refractivity contribution < 1.29 is 8.84 Å². The molecule has 1 aliphatic heterocycles. The van der Waals surface area contributed by atoms with E-state index in [-0.39, 0.29) is 0 Å². The third-order valence-corrected chi connectivity index (χ3v) is 4.22. The fourth-order valence-electron chi connectivity index (χ4n) is 2.01. The summed E-state index contributed by atoms with van der Waals surface area (Å²) >= 11 is 0. The molecule has 0 saturated carbocycles. The zero-order chi connectivity index (χ0) is 11.8. The van der Waals surface area contributed by atoms with Crippen molar-refractivity contribution in [2.24, 2.45) is 0 Å². The quantitative estimate of drug-likeness (QED) is 0.738. The summed E-state index contributed by atoms with van der Waals surface area (Å²) in [5, 5.41) is 7.68. The molecule has 2 N–H and O–H groups in total. The van der Waals surface area contributed by atoms with Gasteiger partial charge in [-0.2, -0.15) is 0 Å². The van der Waals surface area contributed by atoms with Crippen LogP contribution in [0.4, 0.5) is 11.4 Å². The van der Waals surface area contributed by atoms with Crippen LogP contribution in [0.2, 0.25) is 0 Å². The number of nitrogen functional groups attached to an aromatic ring is 1. The van der Waals surface area contributed by atoms with Gasteiger partial charge in [0.25, 0.3) is 0 Å². The second kappa shape index (κ2) is 3.99. The lowest BCUT2D eigenvalue weighted by atomic mass is 10.2. The highest BCUT2D eigenvalue weighted by atomic mass is 32.2. The van der Waals surface area contributed by atoms with Crippen LogP contribution >= 0.6 is 0 Å². The van der Waals surface area contributed by atoms with Crippen LogP contribution in [0, 0.1) is 0 Å². The molecule has 0 bridgehead atoms. The molecule has 0 atom stereocenters. The predicted molar refractivity (Wildman–Crippen MR) is 66.3 cm³/mol. The van der Waals surface area contributed by atoms with E-state index in [1.807, 2.05) is 6.07 Å². The Labute approximate surface area is 100 Å². The van der Waals surface area contributed by atoms with Crippen molar-refractivity contribution in [3.05, 3.63) is 12.1 Å². The topological polar surface area (TPSA) is 85.2 Å². The molecule has 2 heterocycles. The molecule has 7 heteroatoms. The Morgan fingerprint density at radius 2 is 1.94 bits per heavy atom. The van der Waals surface area contributed by atoms with Crippen LogP contribution in [0.15, 0.2) is 16.8 Å². The number of hydrogen-bond donors (Lipinski definition) is 1. The molecule has 6 nitrogen and oxygen atoms in total. The molecule has 1 aromatic heterocycles. The van der Waals surface area contributed by atoms with Gasteiger partial charge in [0, 0.05) is 35.4 Å². The van der Waals surface area contributed by atoms with Gasteiger partial charge in [0.1, 0.15) is 0 Å². The van der Waals surface area contributed by atoms with Gasteiger partial charge in [-0.15, -0.1) is 0 Å². The summed E-state index contributed by atoms with van der Waals surface area (Å²) in [5.74, 6) is 1.38. The predicted octanol–water partition coefficient (Wildman–Crippen LogP) is 0.374. The number of hydrogen-bond acceptors (Lipinski definition) is 6. The highest BCUT2D eigenvalue weighted by Gasteiger charge is 2.20. The first kappa shape index (κ1) is 10.5. The molecule has 1 aromatic carbocycles. The summed E-state index contributed by atoms with van der Waals surface area (Å²) in [6, 6.07) is 3.71. The minimum Gasteiger partial charge on any atom is -0.397 e. The van der Waals surface area contributed by atoms with E-state index in [1.165, 1.54) is 0 Å². The van der Waals surface area contributed by atoms with Crippen molar-refractivity contribution in [2.45, 2.75) is 0 Å². The molecule has 1 fully saturated rings. The second-order valence-corrected chi connectivity index (χ2v) is 5.67. The molecule has 0 spiro atoms. The number of benzene rings is 1. The van der Waals surface area contributed by atoms with E-state index in [2.05, 4.69) is 15.2 Å². The molecule has 0 amide bonds. The number of nitrogens with two attached hydrogens (primary N) is 1. The zero-order valence-corrected chi connectivity index (χ0v) is 9.94. The fraction of sp³-hybridized carbons (Fsp3) is 0.400. The zero-order valence-electron chi connectivity index (χ0n) is 9.13. The van der Waals surface area contributed by atoms with Gasteiger partial charge in [-0.05, 0) is 22.4 Å². The normalized spacial score (nSPS) is 17.8. The highest BCUT2D eigenvalue weighted by Crippen LogP contribution is 2.28. The van der Waals surface area contributed by atoms with Crippen LogP contribution < -0.4 is 10.6 Å². The number of nitrogens with zero attached hydrogens (tertiary/aromatic N) is 3. The lowest BCUT2D eigenvalue weighted by molar-refractivity contribution is 0.315. The van der Waals surface area contributed by atoms with Crippen LogP contribution in [0.3, 0.4) is 0 Å². The van der Waals surface area contributed by atoms with Gasteiger partial charge < -0.3 is 10.6 Å². The van der Waals surface area contributed by atoms with Crippen LogP contribution in [-0.4, -0.2) is 39.1 Å². The van der Waals surface area contributed by atoms with Gasteiger partial charge in [0.2, 0.25) is 0 Å². The molecule has 2 aromatic rings. The van der Waals surface area contributed by atoms with Gasteiger partial charge in [-0.25, -0.2) is 4.63 Å². The van der Waals surface area contributed by atoms with Crippen LogP contribution in [0.25, 0.3) is 11.0 Å². The first-order valence-corrected chi connectivity index (χ1v) is 6.85. The van der Waals surface area contributed by atoms with Gasteiger partial charge in [-0.3, -0.25) is 4.21 Å². The highest BCUT2D eigenvalue weighted by molar-refractivity contribution is 7.85. The number of aromatic nitrogens is 2. The van der Waals surface area contributed by atoms with Crippen molar-refractivity contribution in [1.29, 1.82) is 0 Å². The van der Waals surface area contributed by atoms with Crippen molar-refractivity contribution in [1.82, 2.24) is 10.3 Å². The van der Waals surface area contributed by atoms with Crippen molar-refractivity contribution in [2.75, 3.05) is 35.2 Å². The second-order valence-electron chi connectivity index (χ2n) is 3.97. The summed E-state index contributed by atoms with van der Waals surface area (Å²) in [7, 11) is -0.689. The van der Waals surface area contributed by atoms with Crippen molar-refractivity contribution in [3.8, 4) is 0 Å². The molecule has 1 aliphatic rings. The maximum atomic E-state index is 11.3. The van der Waals surface area contributed by atoms with Crippen molar-refractivity contribution in [3.63, 3.8) is 0 Å². The van der Waals surface area contributed by atoms with E-state index in [0.717, 1.165) is 18.8 Å². The SMILES string of the molecule is Nc1ccc(N2CCS(=O)CC2)c2nonc12. The van der Waals surface area contributed by atoms with Crippen LogP contribution in [0.5, 0.6) is 0 Å². The van der Waals surface area contributed by atoms with E-state index in [0.29, 0.717) is 28.2 Å².